The van der Waals surface area contributed by atoms with Crippen LogP contribution in [0.25, 0.3) is 0 Å². The molecule has 16 heavy (non-hydrogen) atoms. The summed E-state index contributed by atoms with van der Waals surface area (Å²) in [7, 11) is 0. The maximum absolute atomic E-state index is 5.47. The Morgan fingerprint density at radius 1 is 1.56 bits per heavy atom. The highest BCUT2D eigenvalue weighted by molar-refractivity contribution is 7.99. The van der Waals surface area contributed by atoms with Gasteiger partial charge in [0.15, 0.2) is 0 Å². The van der Waals surface area contributed by atoms with E-state index in [-0.39, 0.29) is 0 Å². The lowest BCUT2D eigenvalue weighted by Crippen LogP contribution is -2.41. The standard InChI is InChI=1S/C13H25NOS/c1-11(2)8-15-6-5-14-12-7-13(3,4)10-16-9-12/h12,14H,1,5-10H2,2-4H3. The van der Waals surface area contributed by atoms with Crippen molar-refractivity contribution < 1.29 is 4.74 Å². The molecule has 1 unspecified atom stereocenters. The third kappa shape index (κ3) is 5.92. The summed E-state index contributed by atoms with van der Waals surface area (Å²) >= 11 is 2.06. The second-order valence-electron chi connectivity index (χ2n) is 5.54. The van der Waals surface area contributed by atoms with Gasteiger partial charge in [-0.25, -0.2) is 0 Å². The second kappa shape index (κ2) is 6.67. The van der Waals surface area contributed by atoms with Crippen LogP contribution in [0.4, 0.5) is 0 Å². The Labute approximate surface area is 104 Å². The van der Waals surface area contributed by atoms with Crippen molar-refractivity contribution in [3.8, 4) is 0 Å². The van der Waals surface area contributed by atoms with Gasteiger partial charge in [0.2, 0.25) is 0 Å². The van der Waals surface area contributed by atoms with Crippen LogP contribution < -0.4 is 5.32 Å². The molecular weight excluding hydrogens is 218 g/mol. The Balaban J connectivity index is 2.06. The highest BCUT2D eigenvalue weighted by Gasteiger charge is 2.27. The summed E-state index contributed by atoms with van der Waals surface area (Å²) in [5.41, 5.74) is 1.58. The maximum Gasteiger partial charge on any atom is 0.0672 e. The van der Waals surface area contributed by atoms with Crippen molar-refractivity contribution in [3.05, 3.63) is 12.2 Å². The summed E-state index contributed by atoms with van der Waals surface area (Å²) in [6.07, 6.45) is 1.28. The summed E-state index contributed by atoms with van der Waals surface area (Å²) in [5, 5.41) is 3.58. The lowest BCUT2D eigenvalue weighted by molar-refractivity contribution is 0.153. The SMILES string of the molecule is C=C(C)COCCNC1CSCC(C)(C)C1. The number of hydrogen-bond donors (Lipinski definition) is 1. The summed E-state index contributed by atoms with van der Waals surface area (Å²) in [4.78, 5) is 0. The van der Waals surface area contributed by atoms with Crippen LogP contribution in [0.3, 0.4) is 0 Å². The van der Waals surface area contributed by atoms with Crippen LogP contribution in [-0.2, 0) is 4.74 Å². The van der Waals surface area contributed by atoms with Gasteiger partial charge in [0.05, 0.1) is 13.2 Å². The normalized spacial score (nSPS) is 24.3. The van der Waals surface area contributed by atoms with Gasteiger partial charge >= 0.3 is 0 Å². The molecule has 3 heteroatoms. The Morgan fingerprint density at radius 2 is 2.31 bits per heavy atom. The predicted octanol–water partition coefficient (Wildman–Crippen LogP) is 2.70. The summed E-state index contributed by atoms with van der Waals surface area (Å²) < 4.78 is 5.47. The minimum absolute atomic E-state index is 0.485. The monoisotopic (exact) mass is 243 g/mol. The van der Waals surface area contributed by atoms with Crippen LogP contribution in [0, 0.1) is 5.41 Å². The van der Waals surface area contributed by atoms with Crippen LogP contribution in [0.2, 0.25) is 0 Å². The number of rotatable bonds is 6. The number of nitrogens with one attached hydrogen (secondary N) is 1. The molecule has 0 aromatic heterocycles. The molecule has 1 N–H and O–H groups in total. The largest absolute Gasteiger partial charge is 0.376 e. The van der Waals surface area contributed by atoms with E-state index in [0.717, 1.165) is 18.7 Å². The van der Waals surface area contributed by atoms with Gasteiger partial charge in [-0.2, -0.15) is 11.8 Å². The van der Waals surface area contributed by atoms with Crippen molar-refractivity contribution in [1.82, 2.24) is 5.32 Å². The number of hydrogen-bond acceptors (Lipinski definition) is 3. The zero-order chi connectivity index (χ0) is 12.0. The van der Waals surface area contributed by atoms with E-state index < -0.39 is 0 Å². The van der Waals surface area contributed by atoms with Gasteiger partial charge < -0.3 is 10.1 Å². The molecule has 1 aliphatic heterocycles. The fraction of sp³-hybridized carbons (Fsp3) is 0.846. The van der Waals surface area contributed by atoms with Gasteiger partial charge in [0, 0.05) is 18.3 Å². The van der Waals surface area contributed by atoms with E-state index in [1.165, 1.54) is 17.9 Å². The van der Waals surface area contributed by atoms with Gasteiger partial charge in [0.25, 0.3) is 0 Å². The van der Waals surface area contributed by atoms with E-state index in [4.69, 9.17) is 4.74 Å². The molecule has 0 saturated carbocycles. The van der Waals surface area contributed by atoms with E-state index in [0.29, 0.717) is 18.1 Å². The topological polar surface area (TPSA) is 21.3 Å². The van der Waals surface area contributed by atoms with Gasteiger partial charge in [0.1, 0.15) is 0 Å². The molecule has 0 radical (unpaired) electrons. The lowest BCUT2D eigenvalue weighted by atomic mass is 9.88. The molecule has 0 aromatic rings. The molecule has 1 heterocycles. The van der Waals surface area contributed by atoms with Crippen molar-refractivity contribution in [3.63, 3.8) is 0 Å². The number of ether oxygens (including phenoxy) is 1. The van der Waals surface area contributed by atoms with E-state index in [2.05, 4.69) is 37.5 Å². The van der Waals surface area contributed by atoms with Gasteiger partial charge in [-0.15, -0.1) is 0 Å². The Bertz CT molecular complexity index is 228. The first kappa shape index (κ1) is 14.1. The molecule has 0 aromatic carbocycles. The third-order valence-corrected chi connectivity index (χ3v) is 4.26. The summed E-state index contributed by atoms with van der Waals surface area (Å²) in [5.74, 6) is 2.53. The summed E-state index contributed by atoms with van der Waals surface area (Å²) in [6, 6.07) is 0.655. The third-order valence-electron chi connectivity index (χ3n) is 2.64. The fourth-order valence-electron chi connectivity index (χ4n) is 1.98. The Kier molecular flexibility index (Phi) is 5.87. The van der Waals surface area contributed by atoms with Crippen molar-refractivity contribution in [2.24, 2.45) is 5.41 Å². The van der Waals surface area contributed by atoms with E-state index in [1.807, 2.05) is 6.92 Å². The Hall–Kier alpha value is 0.0100. The van der Waals surface area contributed by atoms with Crippen molar-refractivity contribution >= 4 is 11.8 Å². The predicted molar refractivity (Wildman–Crippen MR) is 73.1 cm³/mol. The first-order valence-corrected chi connectivity index (χ1v) is 7.18. The van der Waals surface area contributed by atoms with Crippen LogP contribution in [0.5, 0.6) is 0 Å². The highest BCUT2D eigenvalue weighted by atomic mass is 32.2. The quantitative estimate of drug-likeness (QED) is 0.572. The molecule has 94 valence electrons. The lowest BCUT2D eigenvalue weighted by Gasteiger charge is -2.35. The molecule has 2 nitrogen and oxygen atoms in total. The maximum atomic E-state index is 5.47. The zero-order valence-corrected chi connectivity index (χ0v) is 11.7. The molecule has 0 amide bonds. The van der Waals surface area contributed by atoms with E-state index in [1.54, 1.807) is 0 Å². The average Bonchev–Trinajstić information content (AvgIpc) is 2.15. The molecular formula is C13H25NOS. The molecule has 0 spiro atoms. The molecule has 0 aliphatic carbocycles. The van der Waals surface area contributed by atoms with Crippen molar-refractivity contribution in [2.75, 3.05) is 31.3 Å². The molecule has 1 atom stereocenters. The summed E-state index contributed by atoms with van der Waals surface area (Å²) in [6.45, 7) is 12.9. The Morgan fingerprint density at radius 3 is 2.94 bits per heavy atom. The van der Waals surface area contributed by atoms with E-state index in [9.17, 15) is 0 Å². The van der Waals surface area contributed by atoms with Crippen LogP contribution in [0.1, 0.15) is 27.2 Å². The van der Waals surface area contributed by atoms with Crippen LogP contribution in [-0.4, -0.2) is 37.3 Å². The molecule has 1 rings (SSSR count). The second-order valence-corrected chi connectivity index (χ2v) is 6.57. The molecule has 1 saturated heterocycles. The highest BCUT2D eigenvalue weighted by Crippen LogP contribution is 2.33. The first-order valence-electron chi connectivity index (χ1n) is 6.03. The minimum Gasteiger partial charge on any atom is -0.376 e. The minimum atomic E-state index is 0.485. The van der Waals surface area contributed by atoms with Crippen LogP contribution >= 0.6 is 11.8 Å². The van der Waals surface area contributed by atoms with Crippen molar-refractivity contribution in [2.45, 2.75) is 33.2 Å². The van der Waals surface area contributed by atoms with Gasteiger partial charge in [-0.3, -0.25) is 0 Å². The molecule has 1 fully saturated rings. The van der Waals surface area contributed by atoms with Gasteiger partial charge in [-0.1, -0.05) is 26.0 Å². The molecule has 1 aliphatic rings. The smallest absolute Gasteiger partial charge is 0.0672 e. The van der Waals surface area contributed by atoms with Crippen LogP contribution in [0.15, 0.2) is 12.2 Å². The van der Waals surface area contributed by atoms with E-state index >= 15 is 0 Å². The van der Waals surface area contributed by atoms with Gasteiger partial charge in [-0.05, 0) is 24.5 Å². The number of thioether (sulfide) groups is 1. The van der Waals surface area contributed by atoms with Crippen molar-refractivity contribution in [1.29, 1.82) is 0 Å². The fourth-order valence-corrected chi connectivity index (χ4v) is 3.28. The first-order chi connectivity index (χ1) is 7.49. The average molecular weight is 243 g/mol. The zero-order valence-electron chi connectivity index (χ0n) is 10.8. The molecule has 0 bridgehead atoms.